The van der Waals surface area contributed by atoms with Crippen LogP contribution in [0.1, 0.15) is 37.1 Å². The van der Waals surface area contributed by atoms with Gasteiger partial charge in [-0.1, -0.05) is 0 Å². The number of hydrogen-bond acceptors (Lipinski definition) is 6. The number of aromatic nitrogens is 2. The fraction of sp³-hybridized carbons (Fsp3) is 0.733. The van der Waals surface area contributed by atoms with E-state index in [1.807, 2.05) is 39.9 Å². The van der Waals surface area contributed by atoms with Gasteiger partial charge in [-0.25, -0.2) is 9.97 Å². The average molecular weight is 293 g/mol. The zero-order valence-electron chi connectivity index (χ0n) is 13.7. The molecule has 0 bridgehead atoms. The van der Waals surface area contributed by atoms with Crippen molar-refractivity contribution in [3.8, 4) is 0 Å². The maximum Gasteiger partial charge on any atom is 0.136 e. The van der Waals surface area contributed by atoms with E-state index in [-0.39, 0.29) is 0 Å². The Morgan fingerprint density at radius 1 is 1.29 bits per heavy atom. The molecular weight excluding hydrogens is 266 g/mol. The van der Waals surface area contributed by atoms with Crippen LogP contribution in [0.5, 0.6) is 0 Å². The lowest BCUT2D eigenvalue weighted by atomic mass is 10.1. The maximum atomic E-state index is 10.4. The van der Waals surface area contributed by atoms with Crippen LogP contribution in [-0.2, 0) is 0 Å². The lowest BCUT2D eigenvalue weighted by Gasteiger charge is -2.27. The van der Waals surface area contributed by atoms with Gasteiger partial charge in [0, 0.05) is 31.6 Å². The first-order valence-corrected chi connectivity index (χ1v) is 7.49. The fourth-order valence-corrected chi connectivity index (χ4v) is 2.48. The number of aliphatic hydroxyl groups is 1. The molecule has 1 unspecified atom stereocenters. The number of likely N-dealkylation sites (N-methyl/N-ethyl adjacent to an activating group) is 1. The number of anilines is 2. The highest BCUT2D eigenvalue weighted by Gasteiger charge is 2.28. The summed E-state index contributed by atoms with van der Waals surface area (Å²) in [6.07, 6.45) is 2.34. The van der Waals surface area contributed by atoms with Crippen molar-refractivity contribution in [3.05, 3.63) is 11.4 Å². The summed E-state index contributed by atoms with van der Waals surface area (Å²) in [6.45, 7) is 4.87. The normalized spacial score (nSPS) is 17.7. The van der Waals surface area contributed by atoms with Crippen molar-refractivity contribution in [1.29, 1.82) is 0 Å². The molecule has 6 nitrogen and oxygen atoms in total. The van der Waals surface area contributed by atoms with E-state index in [9.17, 15) is 5.11 Å². The van der Waals surface area contributed by atoms with Gasteiger partial charge in [-0.2, -0.15) is 0 Å². The van der Waals surface area contributed by atoms with Crippen LogP contribution in [0.25, 0.3) is 0 Å². The second-order valence-electron chi connectivity index (χ2n) is 6.52. The van der Waals surface area contributed by atoms with E-state index in [4.69, 9.17) is 0 Å². The second kappa shape index (κ2) is 6.15. The summed E-state index contributed by atoms with van der Waals surface area (Å²) in [6, 6.07) is 0. The molecule has 6 heteroatoms. The molecule has 1 aromatic rings. The third-order valence-corrected chi connectivity index (χ3v) is 3.64. The molecule has 0 spiro atoms. The van der Waals surface area contributed by atoms with Gasteiger partial charge in [0.1, 0.15) is 17.5 Å². The Hall–Kier alpha value is -1.40. The van der Waals surface area contributed by atoms with Gasteiger partial charge in [0.05, 0.1) is 5.60 Å². The van der Waals surface area contributed by atoms with Crippen LogP contribution in [0, 0.1) is 6.92 Å². The monoisotopic (exact) mass is 293 g/mol. The molecule has 1 aliphatic carbocycles. The second-order valence-corrected chi connectivity index (χ2v) is 6.52. The predicted octanol–water partition coefficient (Wildman–Crippen LogP) is 1.43. The fourth-order valence-electron chi connectivity index (χ4n) is 2.48. The zero-order chi connectivity index (χ0) is 15.6. The minimum absolute atomic E-state index is 0.455. The van der Waals surface area contributed by atoms with Crippen LogP contribution in [0.15, 0.2) is 0 Å². The summed E-state index contributed by atoms with van der Waals surface area (Å²) in [5, 5.41) is 16.8. The lowest BCUT2D eigenvalue weighted by molar-refractivity contribution is 0.0459. The first kappa shape index (κ1) is 16.0. The molecule has 3 N–H and O–H groups in total. The highest BCUT2D eigenvalue weighted by atomic mass is 16.3. The molecular formula is C15H27N5O. The van der Waals surface area contributed by atoms with Gasteiger partial charge in [0.25, 0.3) is 0 Å². The molecule has 118 valence electrons. The SMILES string of the molecule is CNc1nc(C2CC2)nc(NCC(C)(O)CN(C)C)c1C. The number of nitrogens with zero attached hydrogens (tertiary/aromatic N) is 3. The van der Waals surface area contributed by atoms with E-state index in [1.165, 1.54) is 12.8 Å². The minimum atomic E-state index is -0.805. The Morgan fingerprint density at radius 3 is 2.43 bits per heavy atom. The van der Waals surface area contributed by atoms with Gasteiger partial charge in [-0.15, -0.1) is 0 Å². The number of rotatable bonds is 7. The van der Waals surface area contributed by atoms with E-state index < -0.39 is 5.60 Å². The van der Waals surface area contributed by atoms with E-state index >= 15 is 0 Å². The van der Waals surface area contributed by atoms with Gasteiger partial charge >= 0.3 is 0 Å². The van der Waals surface area contributed by atoms with E-state index in [1.54, 1.807) is 0 Å². The average Bonchev–Trinajstić information content (AvgIpc) is 3.20. The van der Waals surface area contributed by atoms with E-state index in [0.717, 1.165) is 23.0 Å². The van der Waals surface area contributed by atoms with Crippen molar-refractivity contribution in [1.82, 2.24) is 14.9 Å². The number of nitrogens with one attached hydrogen (secondary N) is 2. The molecule has 21 heavy (non-hydrogen) atoms. The Bertz CT molecular complexity index is 497. The summed E-state index contributed by atoms with van der Waals surface area (Å²) >= 11 is 0. The highest BCUT2D eigenvalue weighted by Crippen LogP contribution is 2.39. The predicted molar refractivity (Wildman–Crippen MR) is 86.0 cm³/mol. The standard InChI is InChI=1S/C15H27N5O/c1-10-12(16-3)18-14(11-6-7-11)19-13(10)17-8-15(2,21)9-20(4)5/h11,21H,6-9H2,1-5H3,(H2,16,17,18,19). The lowest BCUT2D eigenvalue weighted by Crippen LogP contribution is -2.43. The third-order valence-electron chi connectivity index (χ3n) is 3.64. The van der Waals surface area contributed by atoms with Crippen LogP contribution in [-0.4, -0.2) is 59.8 Å². The molecule has 1 atom stereocenters. The van der Waals surface area contributed by atoms with Crippen molar-refractivity contribution >= 4 is 11.6 Å². The largest absolute Gasteiger partial charge is 0.387 e. The molecule has 0 saturated heterocycles. The van der Waals surface area contributed by atoms with Gasteiger partial charge in [0.2, 0.25) is 0 Å². The quantitative estimate of drug-likeness (QED) is 0.706. The van der Waals surface area contributed by atoms with Gasteiger partial charge in [0.15, 0.2) is 0 Å². The molecule has 0 radical (unpaired) electrons. The summed E-state index contributed by atoms with van der Waals surface area (Å²) in [7, 11) is 5.78. The topological polar surface area (TPSA) is 73.3 Å². The van der Waals surface area contributed by atoms with Crippen LogP contribution < -0.4 is 10.6 Å². The van der Waals surface area contributed by atoms with Crippen molar-refractivity contribution in [2.45, 2.75) is 38.2 Å². The summed E-state index contributed by atoms with van der Waals surface area (Å²) in [5.41, 5.74) is 0.183. The molecule has 2 rings (SSSR count). The summed E-state index contributed by atoms with van der Waals surface area (Å²) < 4.78 is 0. The van der Waals surface area contributed by atoms with Crippen molar-refractivity contribution < 1.29 is 5.11 Å². The maximum absolute atomic E-state index is 10.4. The summed E-state index contributed by atoms with van der Waals surface area (Å²) in [5.74, 6) is 3.08. The van der Waals surface area contributed by atoms with Gasteiger partial charge in [-0.05, 0) is 40.8 Å². The van der Waals surface area contributed by atoms with Crippen molar-refractivity contribution in [2.75, 3.05) is 44.9 Å². The molecule has 0 aliphatic heterocycles. The molecule has 1 aliphatic rings. The highest BCUT2D eigenvalue weighted by molar-refractivity contribution is 5.57. The molecule has 0 amide bonds. The van der Waals surface area contributed by atoms with Crippen molar-refractivity contribution in [3.63, 3.8) is 0 Å². The van der Waals surface area contributed by atoms with Crippen LogP contribution in [0.3, 0.4) is 0 Å². The molecule has 1 aromatic heterocycles. The first-order chi connectivity index (χ1) is 9.82. The molecule has 1 heterocycles. The minimum Gasteiger partial charge on any atom is -0.387 e. The van der Waals surface area contributed by atoms with Gasteiger partial charge < -0.3 is 20.6 Å². The van der Waals surface area contributed by atoms with Crippen LogP contribution in [0.4, 0.5) is 11.6 Å². The number of hydrogen-bond donors (Lipinski definition) is 3. The Balaban J connectivity index is 2.13. The smallest absolute Gasteiger partial charge is 0.136 e. The van der Waals surface area contributed by atoms with Crippen LogP contribution in [0.2, 0.25) is 0 Å². The molecule has 1 saturated carbocycles. The summed E-state index contributed by atoms with van der Waals surface area (Å²) in [4.78, 5) is 11.2. The zero-order valence-corrected chi connectivity index (χ0v) is 13.7. The van der Waals surface area contributed by atoms with Gasteiger partial charge in [-0.3, -0.25) is 0 Å². The van der Waals surface area contributed by atoms with Crippen molar-refractivity contribution in [2.24, 2.45) is 0 Å². The first-order valence-electron chi connectivity index (χ1n) is 7.49. The van der Waals surface area contributed by atoms with E-state index in [0.29, 0.717) is 19.0 Å². The molecule has 1 fully saturated rings. The molecule has 0 aromatic carbocycles. The van der Waals surface area contributed by atoms with E-state index in [2.05, 4.69) is 20.6 Å². The Morgan fingerprint density at radius 2 is 1.90 bits per heavy atom. The van der Waals surface area contributed by atoms with Crippen LogP contribution >= 0.6 is 0 Å². The Labute approximate surface area is 127 Å². The third kappa shape index (κ3) is 4.28. The Kier molecular flexibility index (Phi) is 4.68.